The van der Waals surface area contributed by atoms with Gasteiger partial charge in [0.05, 0.1) is 25.8 Å². The molecule has 1 aliphatic rings. The third-order valence-corrected chi connectivity index (χ3v) is 5.95. The van der Waals surface area contributed by atoms with E-state index >= 15 is 0 Å². The van der Waals surface area contributed by atoms with Crippen LogP contribution in [0.15, 0.2) is 29.6 Å². The summed E-state index contributed by atoms with van der Waals surface area (Å²) in [5.41, 5.74) is 0.673. The first-order chi connectivity index (χ1) is 11.2. The van der Waals surface area contributed by atoms with Crippen molar-refractivity contribution >= 4 is 39.8 Å². The zero-order valence-electron chi connectivity index (χ0n) is 13.0. The number of ether oxygens (including phenoxy) is 2. The molecule has 1 atom stereocenters. The number of thiophene rings is 1. The monoisotopic (exact) mass is 443 g/mol. The lowest BCUT2D eigenvalue weighted by Gasteiger charge is -2.25. The molecule has 4 nitrogen and oxygen atoms in total. The maximum absolute atomic E-state index is 13.1. The number of nitrogens with zero attached hydrogens (tertiary/aromatic N) is 1. The van der Waals surface area contributed by atoms with E-state index in [0.717, 1.165) is 23.0 Å². The van der Waals surface area contributed by atoms with Crippen LogP contribution in [-0.2, 0) is 0 Å². The van der Waals surface area contributed by atoms with Crippen molar-refractivity contribution in [1.29, 1.82) is 0 Å². The molecule has 3 rings (SSSR count). The van der Waals surface area contributed by atoms with Crippen LogP contribution in [0.2, 0.25) is 0 Å². The first kappa shape index (κ1) is 16.6. The predicted octanol–water partition coefficient (Wildman–Crippen LogP) is 4.35. The molecule has 0 spiro atoms. The Hall–Kier alpha value is -1.28. The summed E-state index contributed by atoms with van der Waals surface area (Å²) in [7, 11) is 3.19. The molecule has 2 heterocycles. The third kappa shape index (κ3) is 3.19. The van der Waals surface area contributed by atoms with Gasteiger partial charge in [-0.1, -0.05) is 6.07 Å². The second-order valence-corrected chi connectivity index (χ2v) is 7.50. The van der Waals surface area contributed by atoms with Crippen LogP contribution in [0.25, 0.3) is 0 Å². The number of halogens is 1. The van der Waals surface area contributed by atoms with Crippen molar-refractivity contribution in [2.45, 2.75) is 18.9 Å². The van der Waals surface area contributed by atoms with Crippen LogP contribution in [0.1, 0.15) is 34.1 Å². The number of carbonyl (C=O) groups excluding carboxylic acids is 1. The average Bonchev–Trinajstić information content (AvgIpc) is 3.24. The van der Waals surface area contributed by atoms with Crippen molar-refractivity contribution in [2.24, 2.45) is 0 Å². The lowest BCUT2D eigenvalue weighted by Crippen LogP contribution is -2.30. The second-order valence-electron chi connectivity index (χ2n) is 5.36. The van der Waals surface area contributed by atoms with E-state index in [9.17, 15) is 4.79 Å². The molecule has 0 saturated carbocycles. The average molecular weight is 443 g/mol. The summed E-state index contributed by atoms with van der Waals surface area (Å²) >= 11 is 3.90. The highest BCUT2D eigenvalue weighted by molar-refractivity contribution is 14.1. The third-order valence-electron chi connectivity index (χ3n) is 4.09. The number of amides is 1. The van der Waals surface area contributed by atoms with Gasteiger partial charge in [-0.2, -0.15) is 0 Å². The first-order valence-corrected chi connectivity index (χ1v) is 9.37. The lowest BCUT2D eigenvalue weighted by molar-refractivity contribution is 0.0736. The maximum atomic E-state index is 13.1. The molecule has 1 aliphatic heterocycles. The molecule has 1 fully saturated rings. The van der Waals surface area contributed by atoms with Crippen molar-refractivity contribution in [3.05, 3.63) is 43.7 Å². The Labute approximate surface area is 153 Å². The minimum Gasteiger partial charge on any atom is -0.493 e. The van der Waals surface area contributed by atoms with Gasteiger partial charge in [0.25, 0.3) is 5.91 Å². The van der Waals surface area contributed by atoms with Crippen LogP contribution in [0.5, 0.6) is 11.5 Å². The van der Waals surface area contributed by atoms with E-state index in [0.29, 0.717) is 17.1 Å². The fraction of sp³-hybridized carbons (Fsp3) is 0.353. The fourth-order valence-corrected chi connectivity index (χ4v) is 4.50. The van der Waals surface area contributed by atoms with E-state index in [1.807, 2.05) is 17.0 Å². The summed E-state index contributed by atoms with van der Waals surface area (Å²) < 4.78 is 11.5. The second kappa shape index (κ2) is 7.09. The van der Waals surface area contributed by atoms with Gasteiger partial charge in [-0.3, -0.25) is 4.79 Å². The summed E-state index contributed by atoms with van der Waals surface area (Å²) in [4.78, 5) is 16.3. The largest absolute Gasteiger partial charge is 0.493 e. The van der Waals surface area contributed by atoms with E-state index in [4.69, 9.17) is 9.47 Å². The number of rotatable bonds is 4. The van der Waals surface area contributed by atoms with E-state index < -0.39 is 0 Å². The van der Waals surface area contributed by atoms with E-state index in [2.05, 4.69) is 34.0 Å². The molecule has 2 aromatic rings. The highest BCUT2D eigenvalue weighted by atomic mass is 127. The molecule has 1 aromatic carbocycles. The molecule has 0 bridgehead atoms. The zero-order valence-corrected chi connectivity index (χ0v) is 16.0. The predicted molar refractivity (Wildman–Crippen MR) is 99.6 cm³/mol. The number of hydrogen-bond acceptors (Lipinski definition) is 4. The van der Waals surface area contributed by atoms with Gasteiger partial charge in [-0.05, 0) is 59.0 Å². The molecule has 0 N–H and O–H groups in total. The smallest absolute Gasteiger partial charge is 0.255 e. The van der Waals surface area contributed by atoms with Crippen LogP contribution in [-0.4, -0.2) is 31.6 Å². The Morgan fingerprint density at radius 3 is 2.70 bits per heavy atom. The SMILES string of the molecule is COc1cc(I)c(C(=O)N2CCCC2c2cccs2)cc1OC. The van der Waals surface area contributed by atoms with Gasteiger partial charge >= 0.3 is 0 Å². The number of carbonyl (C=O) groups is 1. The standard InChI is InChI=1S/C17H18INO3S/c1-21-14-9-11(12(18)10-15(14)22-2)17(20)19-7-3-5-13(19)16-6-4-8-23-16/h4,6,8-10,13H,3,5,7H2,1-2H3. The molecule has 6 heteroatoms. The highest BCUT2D eigenvalue weighted by Gasteiger charge is 2.32. The minimum absolute atomic E-state index is 0.0613. The summed E-state index contributed by atoms with van der Waals surface area (Å²) in [5.74, 6) is 1.29. The van der Waals surface area contributed by atoms with Crippen LogP contribution in [0.3, 0.4) is 0 Å². The first-order valence-electron chi connectivity index (χ1n) is 7.41. The van der Waals surface area contributed by atoms with Crippen molar-refractivity contribution < 1.29 is 14.3 Å². The normalized spacial score (nSPS) is 17.3. The summed E-state index contributed by atoms with van der Waals surface area (Å²) in [6.07, 6.45) is 2.06. The van der Waals surface area contributed by atoms with Crippen LogP contribution < -0.4 is 9.47 Å². The van der Waals surface area contributed by atoms with Crippen LogP contribution >= 0.6 is 33.9 Å². The van der Waals surface area contributed by atoms with Crippen molar-refractivity contribution in [3.63, 3.8) is 0 Å². The number of benzene rings is 1. The van der Waals surface area contributed by atoms with Gasteiger partial charge in [0, 0.05) is 15.0 Å². The van der Waals surface area contributed by atoms with Gasteiger partial charge in [0.2, 0.25) is 0 Å². The molecule has 122 valence electrons. The quantitative estimate of drug-likeness (QED) is 0.660. The molecule has 0 radical (unpaired) electrons. The molecule has 23 heavy (non-hydrogen) atoms. The molecule has 1 amide bonds. The van der Waals surface area contributed by atoms with Crippen molar-refractivity contribution in [1.82, 2.24) is 4.90 Å². The maximum Gasteiger partial charge on any atom is 0.255 e. The molecule has 1 aromatic heterocycles. The van der Waals surface area contributed by atoms with Crippen molar-refractivity contribution in [2.75, 3.05) is 20.8 Å². The van der Waals surface area contributed by atoms with Gasteiger partial charge in [0.1, 0.15) is 0 Å². The van der Waals surface area contributed by atoms with Crippen LogP contribution in [0, 0.1) is 3.57 Å². The number of hydrogen-bond donors (Lipinski definition) is 0. The van der Waals surface area contributed by atoms with Gasteiger partial charge in [-0.15, -0.1) is 11.3 Å². The van der Waals surface area contributed by atoms with E-state index in [1.54, 1.807) is 31.6 Å². The Kier molecular flexibility index (Phi) is 5.11. The van der Waals surface area contributed by atoms with E-state index in [1.165, 1.54) is 4.88 Å². The number of likely N-dealkylation sites (tertiary alicyclic amines) is 1. The molecular weight excluding hydrogens is 425 g/mol. The minimum atomic E-state index is 0.0613. The van der Waals surface area contributed by atoms with Crippen LogP contribution in [0.4, 0.5) is 0 Å². The molecule has 0 aliphatic carbocycles. The zero-order chi connectivity index (χ0) is 16.4. The van der Waals surface area contributed by atoms with E-state index in [-0.39, 0.29) is 11.9 Å². The summed E-state index contributed by atoms with van der Waals surface area (Å²) in [6.45, 7) is 0.797. The summed E-state index contributed by atoms with van der Waals surface area (Å²) in [6, 6.07) is 7.98. The Bertz CT molecular complexity index is 702. The topological polar surface area (TPSA) is 38.8 Å². The van der Waals surface area contributed by atoms with Gasteiger partial charge in [0.15, 0.2) is 11.5 Å². The molecular formula is C17H18INO3S. The van der Waals surface area contributed by atoms with Crippen molar-refractivity contribution in [3.8, 4) is 11.5 Å². The summed E-state index contributed by atoms with van der Waals surface area (Å²) in [5, 5.41) is 2.07. The Morgan fingerprint density at radius 1 is 1.30 bits per heavy atom. The lowest BCUT2D eigenvalue weighted by atomic mass is 10.1. The van der Waals surface area contributed by atoms with Gasteiger partial charge in [-0.25, -0.2) is 0 Å². The Balaban J connectivity index is 1.93. The molecule has 1 saturated heterocycles. The fourth-order valence-electron chi connectivity index (χ4n) is 2.96. The molecule has 1 unspecified atom stereocenters. The highest BCUT2D eigenvalue weighted by Crippen LogP contribution is 2.38. The number of methoxy groups -OCH3 is 2. The van der Waals surface area contributed by atoms with Gasteiger partial charge < -0.3 is 14.4 Å². The Morgan fingerprint density at radius 2 is 2.04 bits per heavy atom.